The first-order chi connectivity index (χ1) is 12.1. The molecule has 2 aromatic rings. The third-order valence-electron chi connectivity index (χ3n) is 3.69. The van der Waals surface area contributed by atoms with Crippen molar-refractivity contribution in [1.82, 2.24) is 15.0 Å². The van der Waals surface area contributed by atoms with Gasteiger partial charge in [-0.3, -0.25) is 9.59 Å². The van der Waals surface area contributed by atoms with Crippen LogP contribution in [0.15, 0.2) is 27.8 Å². The molecule has 1 aromatic heterocycles. The smallest absolute Gasteiger partial charge is 0.374 e. The van der Waals surface area contributed by atoms with Gasteiger partial charge < -0.3 is 10.3 Å². The molecule has 0 atom stereocenters. The van der Waals surface area contributed by atoms with Crippen molar-refractivity contribution in [2.45, 2.75) is 6.18 Å². The van der Waals surface area contributed by atoms with Crippen molar-refractivity contribution in [3.63, 3.8) is 0 Å². The number of aromatic nitrogens is 2. The molecule has 0 saturated heterocycles. The second-order valence-electron chi connectivity index (χ2n) is 5.29. The summed E-state index contributed by atoms with van der Waals surface area (Å²) in [5.41, 5.74) is -2.10. The fourth-order valence-corrected chi connectivity index (χ4v) is 2.55. The number of carbonyl (C=O) groups is 1. The number of nitrogens with zero attached hydrogens (tertiary/aromatic N) is 2. The molecule has 0 saturated carbocycles. The quantitative estimate of drug-likeness (QED) is 0.669. The number of fused-ring (bicyclic) bond motifs is 1. The molecular weight excluding hydrogens is 362 g/mol. The highest BCUT2D eigenvalue weighted by molar-refractivity contribution is 6.02. The van der Waals surface area contributed by atoms with E-state index in [4.69, 9.17) is 0 Å². The van der Waals surface area contributed by atoms with E-state index >= 15 is 0 Å². The summed E-state index contributed by atoms with van der Waals surface area (Å²) in [5.74, 6) is -1.46. The van der Waals surface area contributed by atoms with E-state index < -0.39 is 40.5 Å². The van der Waals surface area contributed by atoms with Gasteiger partial charge in [0.1, 0.15) is 11.5 Å². The number of nitrogens with one attached hydrogen (secondary N) is 3. The Morgan fingerprint density at radius 2 is 1.81 bits per heavy atom. The average molecular weight is 373 g/mol. The number of benzene rings is 1. The number of anilines is 2. The van der Waals surface area contributed by atoms with Crippen molar-refractivity contribution >= 4 is 17.3 Å². The Kier molecular flexibility index (Phi) is 4.06. The third kappa shape index (κ3) is 2.83. The Labute approximate surface area is 142 Å². The van der Waals surface area contributed by atoms with Crippen molar-refractivity contribution in [3.05, 3.63) is 50.5 Å². The van der Waals surface area contributed by atoms with Gasteiger partial charge in [0, 0.05) is 19.2 Å². The highest BCUT2D eigenvalue weighted by atomic mass is 19.4. The number of halogens is 4. The Hall–Kier alpha value is -3.15. The maximum atomic E-state index is 14.4. The van der Waals surface area contributed by atoms with E-state index in [2.05, 4.69) is 10.7 Å². The van der Waals surface area contributed by atoms with Crippen LogP contribution in [0.3, 0.4) is 0 Å². The van der Waals surface area contributed by atoms with Gasteiger partial charge in [-0.25, -0.2) is 24.2 Å². The molecule has 12 heteroatoms. The molecule has 3 N–H and O–H groups in total. The van der Waals surface area contributed by atoms with Gasteiger partial charge in [0.05, 0.1) is 23.6 Å². The van der Waals surface area contributed by atoms with Crippen LogP contribution in [0.1, 0.15) is 5.69 Å². The minimum Gasteiger partial charge on any atom is -0.374 e. The lowest BCUT2D eigenvalue weighted by Crippen LogP contribution is -2.47. The van der Waals surface area contributed by atoms with Crippen LogP contribution in [0.25, 0.3) is 5.69 Å². The van der Waals surface area contributed by atoms with Crippen LogP contribution in [-0.2, 0) is 11.0 Å². The van der Waals surface area contributed by atoms with Gasteiger partial charge in [-0.05, 0) is 6.07 Å². The molecule has 1 aliphatic rings. The van der Waals surface area contributed by atoms with Crippen LogP contribution >= 0.6 is 0 Å². The molecule has 1 aliphatic heterocycles. The summed E-state index contributed by atoms with van der Waals surface area (Å²) in [4.78, 5) is 37.3. The molecule has 0 aliphatic carbocycles. The number of amides is 1. The molecule has 0 fully saturated rings. The number of hydrazine groups is 1. The number of carbonyl (C=O) groups excluding carboxylic acids is 1. The summed E-state index contributed by atoms with van der Waals surface area (Å²) in [5, 5.41) is 3.71. The van der Waals surface area contributed by atoms with Gasteiger partial charge >= 0.3 is 11.9 Å². The Morgan fingerprint density at radius 1 is 1.12 bits per heavy atom. The van der Waals surface area contributed by atoms with Gasteiger partial charge in [0.2, 0.25) is 0 Å². The maximum Gasteiger partial charge on any atom is 0.431 e. The van der Waals surface area contributed by atoms with E-state index in [0.717, 1.165) is 17.1 Å². The largest absolute Gasteiger partial charge is 0.431 e. The van der Waals surface area contributed by atoms with E-state index in [9.17, 15) is 31.9 Å². The monoisotopic (exact) mass is 373 g/mol. The van der Waals surface area contributed by atoms with Gasteiger partial charge in [0.25, 0.3) is 11.5 Å². The predicted molar refractivity (Wildman–Crippen MR) is 82.7 cm³/mol. The van der Waals surface area contributed by atoms with Gasteiger partial charge in [-0.15, -0.1) is 0 Å². The van der Waals surface area contributed by atoms with Crippen molar-refractivity contribution < 1.29 is 22.4 Å². The SMILES string of the molecule is CNN1C(=O)CNc2cc(F)c(-n3c(=O)cc(C(F)(F)F)[nH]c3=O)cc21. The summed E-state index contributed by atoms with van der Waals surface area (Å²) in [7, 11) is 1.42. The average Bonchev–Trinajstić information content (AvgIpc) is 2.54. The van der Waals surface area contributed by atoms with Gasteiger partial charge in [-0.1, -0.05) is 0 Å². The van der Waals surface area contributed by atoms with Crippen molar-refractivity contribution in [2.75, 3.05) is 23.9 Å². The van der Waals surface area contributed by atoms with Crippen molar-refractivity contribution in [3.8, 4) is 5.69 Å². The van der Waals surface area contributed by atoms with Crippen LogP contribution < -0.4 is 27.0 Å². The van der Waals surface area contributed by atoms with Crippen LogP contribution in [0, 0.1) is 5.82 Å². The molecule has 3 rings (SSSR count). The minimum atomic E-state index is -4.94. The zero-order valence-corrected chi connectivity index (χ0v) is 13.1. The number of alkyl halides is 3. The van der Waals surface area contributed by atoms with E-state index in [0.29, 0.717) is 0 Å². The summed E-state index contributed by atoms with van der Waals surface area (Å²) < 4.78 is 52.6. The fraction of sp³-hybridized carbons (Fsp3) is 0.214. The zero-order chi connectivity index (χ0) is 19.2. The van der Waals surface area contributed by atoms with Crippen molar-refractivity contribution in [1.29, 1.82) is 0 Å². The van der Waals surface area contributed by atoms with Crippen LogP contribution in [-0.4, -0.2) is 29.1 Å². The lowest BCUT2D eigenvalue weighted by molar-refractivity contribution is -0.141. The molecule has 138 valence electrons. The first-order valence-corrected chi connectivity index (χ1v) is 7.15. The topological polar surface area (TPSA) is 99.2 Å². The Morgan fingerprint density at radius 3 is 2.38 bits per heavy atom. The molecule has 1 amide bonds. The highest BCUT2D eigenvalue weighted by Gasteiger charge is 2.33. The summed E-state index contributed by atoms with van der Waals surface area (Å²) in [6, 6.07) is 2.10. The molecule has 0 spiro atoms. The Balaban J connectivity index is 2.23. The predicted octanol–water partition coefficient (Wildman–Crippen LogP) is 0.577. The van der Waals surface area contributed by atoms with E-state index in [1.54, 1.807) is 0 Å². The number of rotatable bonds is 2. The summed E-state index contributed by atoms with van der Waals surface area (Å²) >= 11 is 0. The molecule has 26 heavy (non-hydrogen) atoms. The maximum absolute atomic E-state index is 14.4. The molecule has 8 nitrogen and oxygen atoms in total. The van der Waals surface area contributed by atoms with Crippen LogP contribution in [0.4, 0.5) is 28.9 Å². The first-order valence-electron chi connectivity index (χ1n) is 7.15. The number of hydrogen-bond acceptors (Lipinski definition) is 5. The Bertz CT molecular complexity index is 980. The number of H-pyrrole nitrogens is 1. The van der Waals surface area contributed by atoms with Gasteiger partial charge in [-0.2, -0.15) is 13.2 Å². The van der Waals surface area contributed by atoms with E-state index in [-0.39, 0.29) is 28.6 Å². The second kappa shape index (κ2) is 5.98. The summed E-state index contributed by atoms with van der Waals surface area (Å²) in [6.45, 7) is -0.118. The zero-order valence-electron chi connectivity index (χ0n) is 13.1. The highest BCUT2D eigenvalue weighted by Crippen LogP contribution is 2.32. The third-order valence-corrected chi connectivity index (χ3v) is 3.69. The fourth-order valence-electron chi connectivity index (χ4n) is 2.55. The molecule has 0 radical (unpaired) electrons. The van der Waals surface area contributed by atoms with E-state index in [1.165, 1.54) is 12.0 Å². The van der Waals surface area contributed by atoms with Crippen LogP contribution in [0.5, 0.6) is 0 Å². The minimum absolute atomic E-state index is 0.103. The summed E-state index contributed by atoms with van der Waals surface area (Å²) in [6.07, 6.45) is -4.94. The molecular formula is C14H11F4N5O3. The van der Waals surface area contributed by atoms with Crippen LogP contribution in [0.2, 0.25) is 0 Å². The van der Waals surface area contributed by atoms with E-state index in [1.807, 2.05) is 0 Å². The molecule has 2 heterocycles. The lowest BCUT2D eigenvalue weighted by Gasteiger charge is -2.29. The number of aromatic amines is 1. The van der Waals surface area contributed by atoms with Gasteiger partial charge in [0.15, 0.2) is 0 Å². The molecule has 0 bridgehead atoms. The first kappa shape index (κ1) is 17.7. The molecule has 1 aromatic carbocycles. The standard InChI is InChI=1S/C14H11F4N5O3/c1-19-23-9-3-8(6(15)2-7(9)20-5-12(23)25)22-11(24)4-10(14(16,17)18)21-13(22)26/h2-4,19-20H,5H2,1H3,(H,21,26). The second-order valence-corrected chi connectivity index (χ2v) is 5.29. The number of hydrogen-bond donors (Lipinski definition) is 3. The molecule has 0 unspecified atom stereocenters. The normalized spacial score (nSPS) is 14.2. The lowest BCUT2D eigenvalue weighted by atomic mass is 10.1. The van der Waals surface area contributed by atoms with Crippen molar-refractivity contribution in [2.24, 2.45) is 0 Å².